The maximum Gasteiger partial charge on any atom is 0.274 e. The van der Waals surface area contributed by atoms with Crippen molar-refractivity contribution >= 4 is 35.0 Å². The van der Waals surface area contributed by atoms with Crippen molar-refractivity contribution in [1.29, 1.82) is 0 Å². The van der Waals surface area contributed by atoms with Gasteiger partial charge in [-0.3, -0.25) is 19.2 Å². The monoisotopic (exact) mass is 487 g/mol. The van der Waals surface area contributed by atoms with Gasteiger partial charge in [-0.1, -0.05) is 42.5 Å². The molecule has 3 rings (SSSR count). The van der Waals surface area contributed by atoms with E-state index in [1.165, 1.54) is 26.0 Å². The van der Waals surface area contributed by atoms with Crippen molar-refractivity contribution in [2.45, 2.75) is 26.9 Å². The summed E-state index contributed by atoms with van der Waals surface area (Å²) in [6.07, 6.45) is 0. The molecule has 0 aliphatic carbocycles. The molecule has 36 heavy (non-hydrogen) atoms. The zero-order chi connectivity index (χ0) is 26.2. The summed E-state index contributed by atoms with van der Waals surface area (Å²) < 4.78 is 0. The van der Waals surface area contributed by atoms with Crippen molar-refractivity contribution in [3.05, 3.63) is 89.2 Å². The third-order valence-corrected chi connectivity index (χ3v) is 5.64. The lowest BCUT2D eigenvalue weighted by atomic mass is 10.1. The highest BCUT2D eigenvalue weighted by atomic mass is 16.2. The Kier molecular flexibility index (Phi) is 8.51. The molecule has 0 saturated carbocycles. The fourth-order valence-electron chi connectivity index (χ4n) is 3.35. The molecule has 0 aliphatic rings. The van der Waals surface area contributed by atoms with Gasteiger partial charge < -0.3 is 20.4 Å². The molecule has 2 aromatic carbocycles. The number of pyridine rings is 1. The molecule has 0 radical (unpaired) electrons. The Labute approximate surface area is 210 Å². The van der Waals surface area contributed by atoms with Crippen molar-refractivity contribution < 1.29 is 19.2 Å². The second-order valence-corrected chi connectivity index (χ2v) is 8.38. The summed E-state index contributed by atoms with van der Waals surface area (Å²) in [4.78, 5) is 56.4. The number of amides is 4. The van der Waals surface area contributed by atoms with Gasteiger partial charge in [-0.05, 0) is 35.4 Å². The van der Waals surface area contributed by atoms with Crippen LogP contribution in [0.25, 0.3) is 0 Å². The van der Waals surface area contributed by atoms with Crippen LogP contribution in [0.3, 0.4) is 0 Å². The number of carbonyl (C=O) groups excluding carboxylic acids is 4. The van der Waals surface area contributed by atoms with E-state index in [9.17, 15) is 19.2 Å². The van der Waals surface area contributed by atoms with E-state index in [2.05, 4.69) is 15.6 Å². The summed E-state index contributed by atoms with van der Waals surface area (Å²) in [6, 6.07) is 19.0. The Morgan fingerprint density at radius 3 is 1.42 bits per heavy atom. The van der Waals surface area contributed by atoms with Crippen LogP contribution in [0.4, 0.5) is 11.4 Å². The Hall–Kier alpha value is -4.53. The third kappa shape index (κ3) is 6.75. The van der Waals surface area contributed by atoms with Gasteiger partial charge in [0.25, 0.3) is 11.8 Å². The molecular weight excluding hydrogens is 458 g/mol. The van der Waals surface area contributed by atoms with E-state index in [1.807, 2.05) is 24.3 Å². The lowest BCUT2D eigenvalue weighted by molar-refractivity contribution is -0.128. The molecule has 3 aromatic rings. The van der Waals surface area contributed by atoms with Crippen LogP contribution in [0.2, 0.25) is 0 Å². The van der Waals surface area contributed by atoms with Crippen molar-refractivity contribution in [2.24, 2.45) is 0 Å². The molecule has 0 aliphatic heterocycles. The van der Waals surface area contributed by atoms with Crippen LogP contribution >= 0.6 is 0 Å². The standard InChI is InChI=1S/C27H29N5O4/c1-18(33)31(3)16-20-10-5-7-12-22(20)29-26(35)24-14-9-15-25(28-24)27(36)30-23-13-8-6-11-21(23)17-32(4)19(2)34/h5-15H,16-17H2,1-4H3,(H,29,35)(H,30,36). The Balaban J connectivity index is 1.76. The predicted octanol–water partition coefficient (Wildman–Crippen LogP) is 3.54. The van der Waals surface area contributed by atoms with Gasteiger partial charge in [0, 0.05) is 52.4 Å². The van der Waals surface area contributed by atoms with E-state index >= 15 is 0 Å². The van der Waals surface area contributed by atoms with E-state index < -0.39 is 11.8 Å². The van der Waals surface area contributed by atoms with E-state index in [0.717, 1.165) is 11.1 Å². The van der Waals surface area contributed by atoms with Gasteiger partial charge in [0.05, 0.1) is 0 Å². The van der Waals surface area contributed by atoms with Gasteiger partial charge in [-0.25, -0.2) is 4.98 Å². The largest absolute Gasteiger partial charge is 0.342 e. The average molecular weight is 488 g/mol. The van der Waals surface area contributed by atoms with E-state index in [-0.39, 0.29) is 23.2 Å². The Bertz CT molecular complexity index is 1200. The Morgan fingerprint density at radius 1 is 0.639 bits per heavy atom. The van der Waals surface area contributed by atoms with Crippen molar-refractivity contribution in [2.75, 3.05) is 24.7 Å². The topological polar surface area (TPSA) is 112 Å². The number of aromatic nitrogens is 1. The number of hydrogen-bond acceptors (Lipinski definition) is 5. The molecule has 9 nitrogen and oxygen atoms in total. The van der Waals surface area contributed by atoms with Gasteiger partial charge in [-0.2, -0.15) is 0 Å². The quantitative estimate of drug-likeness (QED) is 0.505. The van der Waals surface area contributed by atoms with E-state index in [1.54, 1.807) is 54.2 Å². The number of hydrogen-bond donors (Lipinski definition) is 2. The molecule has 1 aromatic heterocycles. The molecule has 2 N–H and O–H groups in total. The van der Waals surface area contributed by atoms with Gasteiger partial charge in [0.15, 0.2) is 0 Å². The SMILES string of the molecule is CC(=O)N(C)Cc1ccccc1NC(=O)c1cccc(C(=O)Nc2ccccc2CN(C)C(C)=O)n1. The van der Waals surface area contributed by atoms with Crippen LogP contribution in [-0.2, 0) is 22.7 Å². The summed E-state index contributed by atoms with van der Waals surface area (Å²) in [7, 11) is 3.36. The number of rotatable bonds is 8. The van der Waals surface area contributed by atoms with Gasteiger partial charge in [0.1, 0.15) is 11.4 Å². The normalized spacial score (nSPS) is 10.3. The second-order valence-electron chi connectivity index (χ2n) is 8.38. The highest BCUT2D eigenvalue weighted by Gasteiger charge is 2.16. The smallest absolute Gasteiger partial charge is 0.274 e. The summed E-state index contributed by atoms with van der Waals surface area (Å²) in [5.41, 5.74) is 2.78. The van der Waals surface area contributed by atoms with Crippen LogP contribution in [0.15, 0.2) is 66.7 Å². The average Bonchev–Trinajstić information content (AvgIpc) is 2.86. The fourth-order valence-corrected chi connectivity index (χ4v) is 3.35. The lowest BCUT2D eigenvalue weighted by Gasteiger charge is -2.18. The highest BCUT2D eigenvalue weighted by Crippen LogP contribution is 2.19. The lowest BCUT2D eigenvalue weighted by Crippen LogP contribution is -2.25. The fraction of sp³-hybridized carbons (Fsp3) is 0.222. The van der Waals surface area contributed by atoms with Crippen LogP contribution in [0, 0.1) is 0 Å². The van der Waals surface area contributed by atoms with Crippen molar-refractivity contribution in [1.82, 2.24) is 14.8 Å². The van der Waals surface area contributed by atoms with Crippen LogP contribution in [0.1, 0.15) is 46.0 Å². The molecule has 1 heterocycles. The van der Waals surface area contributed by atoms with Crippen molar-refractivity contribution in [3.63, 3.8) is 0 Å². The van der Waals surface area contributed by atoms with E-state index in [4.69, 9.17) is 0 Å². The number of carbonyl (C=O) groups is 4. The minimum atomic E-state index is -0.480. The van der Waals surface area contributed by atoms with Gasteiger partial charge >= 0.3 is 0 Å². The molecule has 0 saturated heterocycles. The van der Waals surface area contributed by atoms with E-state index in [0.29, 0.717) is 24.5 Å². The number of nitrogens with zero attached hydrogens (tertiary/aromatic N) is 3. The number of benzene rings is 2. The zero-order valence-electron chi connectivity index (χ0n) is 20.7. The minimum Gasteiger partial charge on any atom is -0.342 e. The van der Waals surface area contributed by atoms with Crippen LogP contribution < -0.4 is 10.6 Å². The molecule has 0 bridgehead atoms. The summed E-state index contributed by atoms with van der Waals surface area (Å²) >= 11 is 0. The predicted molar refractivity (Wildman–Crippen MR) is 137 cm³/mol. The first kappa shape index (κ1) is 26.1. The number of anilines is 2. The molecule has 9 heteroatoms. The number of nitrogens with one attached hydrogen (secondary N) is 2. The maximum absolute atomic E-state index is 12.9. The molecule has 0 atom stereocenters. The first-order valence-corrected chi connectivity index (χ1v) is 11.3. The molecule has 4 amide bonds. The molecular formula is C27H29N5O4. The van der Waals surface area contributed by atoms with Crippen LogP contribution in [0.5, 0.6) is 0 Å². The first-order valence-electron chi connectivity index (χ1n) is 11.3. The Morgan fingerprint density at radius 2 is 1.03 bits per heavy atom. The molecule has 0 unspecified atom stereocenters. The third-order valence-electron chi connectivity index (χ3n) is 5.64. The first-order chi connectivity index (χ1) is 17.2. The second kappa shape index (κ2) is 11.7. The summed E-state index contributed by atoms with van der Waals surface area (Å²) in [5.74, 6) is -1.14. The summed E-state index contributed by atoms with van der Waals surface area (Å²) in [5, 5.41) is 5.64. The summed E-state index contributed by atoms with van der Waals surface area (Å²) in [6.45, 7) is 3.61. The van der Waals surface area contributed by atoms with Gasteiger partial charge in [0.2, 0.25) is 11.8 Å². The minimum absolute atomic E-state index is 0.0713. The van der Waals surface area contributed by atoms with Gasteiger partial charge in [-0.15, -0.1) is 0 Å². The van der Waals surface area contributed by atoms with Crippen LogP contribution in [-0.4, -0.2) is 52.5 Å². The molecule has 0 spiro atoms. The highest BCUT2D eigenvalue weighted by molar-refractivity contribution is 6.06. The van der Waals surface area contributed by atoms with Crippen molar-refractivity contribution in [3.8, 4) is 0 Å². The molecule has 186 valence electrons. The molecule has 0 fully saturated rings. The maximum atomic E-state index is 12.9. The number of para-hydroxylation sites is 2. The zero-order valence-corrected chi connectivity index (χ0v) is 20.7.